The number of carbonyl (C=O) groups excluding carboxylic acids is 3. The van der Waals surface area contributed by atoms with E-state index >= 15 is 0 Å². The third-order valence-electron chi connectivity index (χ3n) is 3.83. The predicted octanol–water partition coefficient (Wildman–Crippen LogP) is 0.652. The van der Waals surface area contributed by atoms with Crippen LogP contribution in [0.1, 0.15) is 12.5 Å². The van der Waals surface area contributed by atoms with Crippen LogP contribution in [0, 0.1) is 5.92 Å². The molecule has 2 heterocycles. The Balaban J connectivity index is 2.22. The van der Waals surface area contributed by atoms with Crippen molar-refractivity contribution in [3.8, 4) is 0 Å². The summed E-state index contributed by atoms with van der Waals surface area (Å²) in [7, 11) is 0. The molecule has 18 heavy (non-hydrogen) atoms. The van der Waals surface area contributed by atoms with Gasteiger partial charge in [-0.1, -0.05) is 37.3 Å². The van der Waals surface area contributed by atoms with E-state index < -0.39 is 23.3 Å². The molecule has 2 aliphatic rings. The summed E-state index contributed by atoms with van der Waals surface area (Å²) >= 11 is 0. The van der Waals surface area contributed by atoms with Crippen LogP contribution in [0.25, 0.3) is 0 Å². The van der Waals surface area contributed by atoms with Crippen LogP contribution >= 0.6 is 0 Å². The number of nitrogens with one attached hydrogen (secondary N) is 1. The Kier molecular flexibility index (Phi) is 2.08. The molecule has 5 heteroatoms. The second-order valence-corrected chi connectivity index (χ2v) is 4.75. The summed E-state index contributed by atoms with van der Waals surface area (Å²) in [5, 5.41) is 2.27. The summed E-state index contributed by atoms with van der Waals surface area (Å²) in [5.41, 5.74) is -0.593. The van der Waals surface area contributed by atoms with Crippen LogP contribution in [0.4, 0.5) is 4.79 Å². The van der Waals surface area contributed by atoms with Crippen molar-refractivity contribution in [1.29, 1.82) is 0 Å². The number of benzene rings is 1. The molecule has 2 bridgehead atoms. The molecule has 1 aromatic rings. The van der Waals surface area contributed by atoms with E-state index in [9.17, 15) is 14.4 Å². The molecule has 0 aliphatic carbocycles. The Labute approximate surface area is 104 Å². The van der Waals surface area contributed by atoms with E-state index in [1.807, 2.05) is 13.0 Å². The number of fused-ring (bicyclic) bond motifs is 2. The minimum Gasteiger partial charge on any atom is -0.276 e. The van der Waals surface area contributed by atoms with Gasteiger partial charge in [0.25, 0.3) is 5.91 Å². The lowest BCUT2D eigenvalue weighted by Gasteiger charge is -2.32. The molecule has 2 fully saturated rings. The molecule has 1 aromatic carbocycles. The van der Waals surface area contributed by atoms with E-state index in [0.29, 0.717) is 5.56 Å². The summed E-state index contributed by atoms with van der Waals surface area (Å²) in [4.78, 5) is 37.3. The molecule has 1 N–H and O–H groups in total. The second-order valence-electron chi connectivity index (χ2n) is 4.75. The zero-order chi connectivity index (χ0) is 12.9. The van der Waals surface area contributed by atoms with Gasteiger partial charge in [-0.3, -0.25) is 19.8 Å². The van der Waals surface area contributed by atoms with E-state index in [1.165, 1.54) is 0 Å². The number of hydrogen-bond acceptors (Lipinski definition) is 3. The Bertz CT molecular complexity index is 555. The van der Waals surface area contributed by atoms with Crippen molar-refractivity contribution in [3.05, 3.63) is 35.9 Å². The van der Waals surface area contributed by atoms with Gasteiger partial charge in [-0.25, -0.2) is 4.79 Å². The second kappa shape index (κ2) is 3.41. The number of carbonyl (C=O) groups is 3. The van der Waals surface area contributed by atoms with E-state index in [0.717, 1.165) is 4.90 Å². The topological polar surface area (TPSA) is 66.5 Å². The molecule has 2 atom stereocenters. The van der Waals surface area contributed by atoms with Crippen molar-refractivity contribution in [3.63, 3.8) is 0 Å². The first kappa shape index (κ1) is 11.0. The van der Waals surface area contributed by atoms with Gasteiger partial charge in [-0.05, 0) is 5.56 Å². The van der Waals surface area contributed by atoms with E-state index in [1.54, 1.807) is 24.3 Å². The zero-order valence-electron chi connectivity index (χ0n) is 9.84. The molecular weight excluding hydrogens is 232 g/mol. The van der Waals surface area contributed by atoms with Crippen molar-refractivity contribution in [2.75, 3.05) is 6.54 Å². The van der Waals surface area contributed by atoms with Crippen molar-refractivity contribution >= 4 is 17.8 Å². The molecule has 5 nitrogen and oxygen atoms in total. The first-order valence-electron chi connectivity index (χ1n) is 5.81. The lowest BCUT2D eigenvalue weighted by molar-refractivity contribution is -0.141. The van der Waals surface area contributed by atoms with Gasteiger partial charge in [0.2, 0.25) is 5.91 Å². The van der Waals surface area contributed by atoms with Crippen molar-refractivity contribution in [1.82, 2.24) is 10.2 Å². The first-order chi connectivity index (χ1) is 8.58. The molecule has 0 aromatic heterocycles. The van der Waals surface area contributed by atoms with E-state index in [4.69, 9.17) is 0 Å². The third-order valence-corrected chi connectivity index (χ3v) is 3.83. The number of barbiturate groups is 1. The minimum atomic E-state index is -1.24. The highest BCUT2D eigenvalue weighted by Gasteiger charge is 2.63. The minimum absolute atomic E-state index is 0.223. The molecule has 4 amide bonds. The van der Waals surface area contributed by atoms with Gasteiger partial charge in [-0.2, -0.15) is 0 Å². The van der Waals surface area contributed by atoms with Gasteiger partial charge in [0.05, 0.1) is 0 Å². The summed E-state index contributed by atoms with van der Waals surface area (Å²) in [6.07, 6.45) is 0. The summed E-state index contributed by atoms with van der Waals surface area (Å²) in [5.74, 6) is -1.14. The maximum Gasteiger partial charge on any atom is 0.330 e. The summed E-state index contributed by atoms with van der Waals surface area (Å²) in [6.45, 7) is 2.11. The van der Waals surface area contributed by atoms with E-state index in [-0.39, 0.29) is 12.5 Å². The molecule has 2 saturated heterocycles. The van der Waals surface area contributed by atoms with Crippen molar-refractivity contribution in [2.45, 2.75) is 12.3 Å². The Morgan fingerprint density at radius 2 is 1.89 bits per heavy atom. The van der Waals surface area contributed by atoms with Crippen LogP contribution in [0.5, 0.6) is 0 Å². The van der Waals surface area contributed by atoms with Gasteiger partial charge >= 0.3 is 6.03 Å². The van der Waals surface area contributed by atoms with Crippen LogP contribution in [0.2, 0.25) is 0 Å². The Morgan fingerprint density at radius 1 is 1.22 bits per heavy atom. The fraction of sp³-hybridized carbons (Fsp3) is 0.308. The molecule has 0 saturated carbocycles. The summed E-state index contributed by atoms with van der Waals surface area (Å²) in [6, 6.07) is 8.31. The van der Waals surface area contributed by atoms with Crippen LogP contribution < -0.4 is 5.32 Å². The highest BCUT2D eigenvalue weighted by atomic mass is 16.2. The summed E-state index contributed by atoms with van der Waals surface area (Å²) < 4.78 is 0. The molecule has 92 valence electrons. The van der Waals surface area contributed by atoms with Crippen LogP contribution in [-0.4, -0.2) is 29.3 Å². The van der Waals surface area contributed by atoms with Gasteiger partial charge < -0.3 is 0 Å². The Hall–Kier alpha value is -2.17. The fourth-order valence-electron chi connectivity index (χ4n) is 2.92. The number of hydrogen-bond donors (Lipinski definition) is 1. The van der Waals surface area contributed by atoms with Crippen LogP contribution in [-0.2, 0) is 15.0 Å². The number of amides is 4. The highest BCUT2D eigenvalue weighted by molar-refractivity contribution is 6.24. The maximum absolute atomic E-state index is 12.4. The number of imide groups is 2. The van der Waals surface area contributed by atoms with Gasteiger partial charge in [-0.15, -0.1) is 0 Å². The Morgan fingerprint density at radius 3 is 2.56 bits per heavy atom. The standard InChI is InChI=1S/C13H12N2O3/c1-8-7-15-11(17)13(8,10(16)14-12(15)18)9-5-3-2-4-6-9/h2-6,8H,7H2,1H3,(H,14,16,18). The quantitative estimate of drug-likeness (QED) is 0.738. The largest absolute Gasteiger partial charge is 0.330 e. The SMILES string of the molecule is CC1CN2C(=O)NC(=O)C1(c1ccccc1)C2=O. The first-order valence-corrected chi connectivity index (χ1v) is 5.81. The molecule has 0 radical (unpaired) electrons. The normalized spacial score (nSPS) is 30.6. The predicted molar refractivity (Wildman–Crippen MR) is 62.5 cm³/mol. The third kappa shape index (κ3) is 1.08. The fourth-order valence-corrected chi connectivity index (χ4v) is 2.92. The average Bonchev–Trinajstić information content (AvgIpc) is 2.57. The van der Waals surface area contributed by atoms with Crippen molar-refractivity contribution < 1.29 is 14.4 Å². The smallest absolute Gasteiger partial charge is 0.276 e. The molecular formula is C13H12N2O3. The number of rotatable bonds is 1. The highest BCUT2D eigenvalue weighted by Crippen LogP contribution is 2.42. The van der Waals surface area contributed by atoms with Gasteiger partial charge in [0.15, 0.2) is 5.41 Å². The zero-order valence-corrected chi connectivity index (χ0v) is 9.84. The van der Waals surface area contributed by atoms with E-state index in [2.05, 4.69) is 5.32 Å². The van der Waals surface area contributed by atoms with Gasteiger partial charge in [0, 0.05) is 12.5 Å². The monoisotopic (exact) mass is 244 g/mol. The molecule has 2 aliphatic heterocycles. The van der Waals surface area contributed by atoms with Gasteiger partial charge in [0.1, 0.15) is 0 Å². The van der Waals surface area contributed by atoms with Crippen LogP contribution in [0.3, 0.4) is 0 Å². The lowest BCUT2D eigenvalue weighted by atomic mass is 9.71. The van der Waals surface area contributed by atoms with Crippen molar-refractivity contribution in [2.24, 2.45) is 5.92 Å². The molecule has 3 rings (SSSR count). The number of nitrogens with zero attached hydrogens (tertiary/aromatic N) is 1. The average molecular weight is 244 g/mol. The molecule has 0 spiro atoms. The maximum atomic E-state index is 12.4. The number of urea groups is 1. The van der Waals surface area contributed by atoms with Crippen LogP contribution in [0.15, 0.2) is 30.3 Å². The molecule has 2 unspecified atom stereocenters. The lowest BCUT2D eigenvalue weighted by Crippen LogP contribution is -2.61.